The van der Waals surface area contributed by atoms with Gasteiger partial charge in [0.1, 0.15) is 17.5 Å². The zero-order valence-corrected chi connectivity index (χ0v) is 13.5. The van der Waals surface area contributed by atoms with E-state index in [9.17, 15) is 0 Å². The second-order valence-electron chi connectivity index (χ2n) is 4.67. The molecule has 1 heterocycles. The topological polar surface area (TPSA) is 49.8 Å². The van der Waals surface area contributed by atoms with E-state index >= 15 is 0 Å². The molecule has 1 atom stereocenters. The van der Waals surface area contributed by atoms with Crippen molar-refractivity contribution in [3.8, 4) is 0 Å². The van der Waals surface area contributed by atoms with Crippen LogP contribution in [0.4, 0.5) is 11.6 Å². The number of thioether (sulfide) groups is 1. The number of nitrogens with one attached hydrogen (secondary N) is 2. The van der Waals surface area contributed by atoms with Gasteiger partial charge in [0.25, 0.3) is 0 Å². The van der Waals surface area contributed by atoms with E-state index in [1.165, 1.54) is 0 Å². The van der Waals surface area contributed by atoms with Crippen molar-refractivity contribution in [1.82, 2.24) is 9.97 Å². The van der Waals surface area contributed by atoms with Crippen LogP contribution < -0.4 is 10.6 Å². The van der Waals surface area contributed by atoms with Crippen LogP contribution in [-0.4, -0.2) is 34.6 Å². The lowest BCUT2D eigenvalue weighted by Gasteiger charge is -2.16. The minimum atomic E-state index is 0.575. The number of aromatic nitrogens is 2. The summed E-state index contributed by atoms with van der Waals surface area (Å²) in [6, 6.07) is 0. The van der Waals surface area contributed by atoms with Crippen molar-refractivity contribution in [1.29, 1.82) is 0 Å². The van der Waals surface area contributed by atoms with Crippen molar-refractivity contribution in [3.63, 3.8) is 0 Å². The highest BCUT2D eigenvalue weighted by Crippen LogP contribution is 2.21. The van der Waals surface area contributed by atoms with Gasteiger partial charge in [-0.25, -0.2) is 9.97 Å². The van der Waals surface area contributed by atoms with E-state index < -0.39 is 0 Å². The monoisotopic (exact) mass is 282 g/mol. The summed E-state index contributed by atoms with van der Waals surface area (Å²) in [5, 5.41) is 7.40. The molecule has 19 heavy (non-hydrogen) atoms. The summed E-state index contributed by atoms with van der Waals surface area (Å²) in [5.74, 6) is 2.82. The fraction of sp³-hybridized carbons (Fsp3) is 0.714. The predicted molar refractivity (Wildman–Crippen MR) is 86.4 cm³/mol. The average Bonchev–Trinajstić information content (AvgIpc) is 2.44. The van der Waals surface area contributed by atoms with Crippen molar-refractivity contribution < 1.29 is 0 Å². The summed E-state index contributed by atoms with van der Waals surface area (Å²) in [6.07, 6.45) is 4.08. The maximum Gasteiger partial charge on any atom is 0.134 e. The van der Waals surface area contributed by atoms with E-state index in [0.717, 1.165) is 49.0 Å². The minimum Gasteiger partial charge on any atom is -0.370 e. The first kappa shape index (κ1) is 16.1. The summed E-state index contributed by atoms with van der Waals surface area (Å²) >= 11 is 1.86. The van der Waals surface area contributed by atoms with Crippen LogP contribution in [0.25, 0.3) is 0 Å². The van der Waals surface area contributed by atoms with Gasteiger partial charge in [0.15, 0.2) is 0 Å². The molecule has 0 radical (unpaired) electrons. The van der Waals surface area contributed by atoms with E-state index in [-0.39, 0.29) is 0 Å². The third kappa shape index (κ3) is 4.90. The molecule has 1 unspecified atom stereocenters. The number of hydrogen-bond donors (Lipinski definition) is 2. The van der Waals surface area contributed by atoms with Crippen LogP contribution in [-0.2, 0) is 6.42 Å². The van der Waals surface area contributed by atoms with E-state index in [4.69, 9.17) is 0 Å². The summed E-state index contributed by atoms with van der Waals surface area (Å²) < 4.78 is 0. The normalized spacial score (nSPS) is 12.3. The first-order chi connectivity index (χ1) is 9.12. The van der Waals surface area contributed by atoms with Gasteiger partial charge in [-0.3, -0.25) is 0 Å². The molecular weight excluding hydrogens is 256 g/mol. The molecular formula is C14H26N4S. The summed E-state index contributed by atoms with van der Waals surface area (Å²) in [7, 11) is 0. The lowest BCUT2D eigenvalue weighted by atomic mass is 10.2. The van der Waals surface area contributed by atoms with Gasteiger partial charge in [-0.1, -0.05) is 20.8 Å². The molecule has 1 aromatic heterocycles. The van der Waals surface area contributed by atoms with Crippen LogP contribution in [0.1, 0.15) is 38.6 Å². The van der Waals surface area contributed by atoms with Gasteiger partial charge in [-0.2, -0.15) is 11.8 Å². The van der Waals surface area contributed by atoms with Crippen LogP contribution in [0.2, 0.25) is 0 Å². The molecule has 0 spiro atoms. The average molecular weight is 282 g/mol. The van der Waals surface area contributed by atoms with Gasteiger partial charge in [0.2, 0.25) is 0 Å². The molecule has 0 amide bonds. The summed E-state index contributed by atoms with van der Waals surface area (Å²) in [6.45, 7) is 10.4. The summed E-state index contributed by atoms with van der Waals surface area (Å²) in [5.41, 5.74) is 1.11. The number of aryl methyl sites for hydroxylation is 1. The van der Waals surface area contributed by atoms with E-state index in [1.54, 1.807) is 0 Å². The molecule has 1 rings (SSSR count). The van der Waals surface area contributed by atoms with E-state index in [2.05, 4.69) is 54.6 Å². The Labute approximate surface area is 121 Å². The quantitative estimate of drug-likeness (QED) is 0.766. The highest BCUT2D eigenvalue weighted by atomic mass is 32.2. The van der Waals surface area contributed by atoms with Gasteiger partial charge < -0.3 is 10.6 Å². The fourth-order valence-corrected chi connectivity index (χ4v) is 1.88. The number of anilines is 2. The first-order valence-electron chi connectivity index (χ1n) is 7.00. The lowest BCUT2D eigenvalue weighted by molar-refractivity contribution is 0.898. The van der Waals surface area contributed by atoms with Gasteiger partial charge in [0, 0.05) is 30.3 Å². The largest absolute Gasteiger partial charge is 0.370 e. The maximum atomic E-state index is 4.59. The standard InChI is InChI=1S/C14H26N4S/c1-6-8-15-13-11(4)14(16-9-10(3)19-5)18-12(7-2)17-13/h10H,6-9H2,1-5H3,(H2,15,16,17,18). The molecule has 108 valence electrons. The van der Waals surface area contributed by atoms with Crippen LogP contribution >= 0.6 is 11.8 Å². The van der Waals surface area contributed by atoms with Crippen molar-refractivity contribution in [2.45, 2.75) is 45.8 Å². The SMILES string of the molecule is CCCNc1nc(CC)nc(NCC(C)SC)c1C. The Hall–Kier alpha value is -0.970. The molecule has 2 N–H and O–H groups in total. The smallest absolute Gasteiger partial charge is 0.134 e. The van der Waals surface area contributed by atoms with Crippen molar-refractivity contribution in [3.05, 3.63) is 11.4 Å². The molecule has 5 heteroatoms. The number of nitrogens with zero attached hydrogens (tertiary/aromatic N) is 2. The molecule has 4 nitrogen and oxygen atoms in total. The van der Waals surface area contributed by atoms with Crippen molar-refractivity contribution in [2.75, 3.05) is 30.0 Å². The Bertz CT molecular complexity index is 395. The van der Waals surface area contributed by atoms with Crippen LogP contribution in [0.3, 0.4) is 0 Å². The van der Waals surface area contributed by atoms with Crippen LogP contribution in [0.15, 0.2) is 0 Å². The molecule has 0 saturated heterocycles. The molecule has 0 aliphatic rings. The zero-order chi connectivity index (χ0) is 14.3. The Morgan fingerprint density at radius 2 is 1.79 bits per heavy atom. The van der Waals surface area contributed by atoms with Crippen molar-refractivity contribution in [2.24, 2.45) is 0 Å². The molecule has 0 aliphatic heterocycles. The predicted octanol–water partition coefficient (Wildman–Crippen LogP) is 3.33. The Morgan fingerprint density at radius 1 is 1.16 bits per heavy atom. The molecule has 1 aromatic rings. The molecule has 0 bridgehead atoms. The Morgan fingerprint density at radius 3 is 2.32 bits per heavy atom. The van der Waals surface area contributed by atoms with E-state index in [1.807, 2.05) is 11.8 Å². The zero-order valence-electron chi connectivity index (χ0n) is 12.7. The highest BCUT2D eigenvalue weighted by Gasteiger charge is 2.10. The van der Waals surface area contributed by atoms with Gasteiger partial charge in [-0.05, 0) is 19.6 Å². The minimum absolute atomic E-state index is 0.575. The van der Waals surface area contributed by atoms with Gasteiger partial charge in [-0.15, -0.1) is 0 Å². The molecule has 0 saturated carbocycles. The third-order valence-electron chi connectivity index (χ3n) is 3.01. The number of rotatable bonds is 8. The fourth-order valence-electron chi connectivity index (χ4n) is 1.63. The Kier molecular flexibility index (Phi) is 6.99. The second-order valence-corrected chi connectivity index (χ2v) is 5.95. The highest BCUT2D eigenvalue weighted by molar-refractivity contribution is 7.99. The van der Waals surface area contributed by atoms with Crippen LogP contribution in [0, 0.1) is 6.92 Å². The molecule has 0 fully saturated rings. The lowest BCUT2D eigenvalue weighted by Crippen LogP contribution is -2.17. The maximum absolute atomic E-state index is 4.59. The number of hydrogen-bond acceptors (Lipinski definition) is 5. The Balaban J connectivity index is 2.88. The summed E-state index contributed by atoms with van der Waals surface area (Å²) in [4.78, 5) is 9.16. The molecule has 0 aliphatic carbocycles. The van der Waals surface area contributed by atoms with E-state index in [0.29, 0.717) is 5.25 Å². The van der Waals surface area contributed by atoms with Gasteiger partial charge >= 0.3 is 0 Å². The molecule has 0 aromatic carbocycles. The first-order valence-corrected chi connectivity index (χ1v) is 8.29. The third-order valence-corrected chi connectivity index (χ3v) is 3.98. The second kappa shape index (κ2) is 8.25. The van der Waals surface area contributed by atoms with Crippen molar-refractivity contribution >= 4 is 23.4 Å². The van der Waals surface area contributed by atoms with Gasteiger partial charge in [0.05, 0.1) is 0 Å². The van der Waals surface area contributed by atoms with Crippen LogP contribution in [0.5, 0.6) is 0 Å².